The zero-order valence-electron chi connectivity index (χ0n) is 20.8. The topological polar surface area (TPSA) is 47.4 Å². The summed E-state index contributed by atoms with van der Waals surface area (Å²) in [6, 6.07) is 39.8. The van der Waals surface area contributed by atoms with Gasteiger partial charge in [0.25, 0.3) is 5.91 Å². The Morgan fingerprint density at radius 3 is 2.00 bits per heavy atom. The van der Waals surface area contributed by atoms with Crippen LogP contribution in [0.15, 0.2) is 121 Å². The van der Waals surface area contributed by atoms with Gasteiger partial charge in [-0.1, -0.05) is 78.9 Å². The predicted molar refractivity (Wildman–Crippen MR) is 147 cm³/mol. The van der Waals surface area contributed by atoms with E-state index in [9.17, 15) is 4.79 Å². The molecule has 0 aliphatic heterocycles. The van der Waals surface area contributed by atoms with E-state index in [1.807, 2.05) is 102 Å². The van der Waals surface area contributed by atoms with Crippen LogP contribution in [0.3, 0.4) is 0 Å². The lowest BCUT2D eigenvalue weighted by Gasteiger charge is -2.23. The van der Waals surface area contributed by atoms with Crippen molar-refractivity contribution >= 4 is 5.91 Å². The highest BCUT2D eigenvalue weighted by molar-refractivity contribution is 5.94. The summed E-state index contributed by atoms with van der Waals surface area (Å²) in [6.07, 6.45) is 0.768. The summed E-state index contributed by atoms with van der Waals surface area (Å²) < 4.78 is 7.06. The summed E-state index contributed by atoms with van der Waals surface area (Å²) in [5.41, 5.74) is 5.31. The number of carbonyl (C=O) groups excluding carboxylic acids is 1. The molecule has 4 aromatic carbocycles. The van der Waals surface area contributed by atoms with Crippen molar-refractivity contribution in [3.8, 4) is 22.7 Å². The second kappa shape index (κ2) is 11.4. The maximum Gasteiger partial charge on any atom is 0.272 e. The molecule has 0 saturated carbocycles. The fourth-order valence-corrected chi connectivity index (χ4v) is 4.33. The van der Waals surface area contributed by atoms with E-state index in [-0.39, 0.29) is 5.91 Å². The van der Waals surface area contributed by atoms with Crippen LogP contribution < -0.4 is 4.74 Å². The van der Waals surface area contributed by atoms with E-state index >= 15 is 0 Å². The lowest BCUT2D eigenvalue weighted by Crippen LogP contribution is -2.34. The molecule has 1 aromatic heterocycles. The molecule has 0 fully saturated rings. The highest BCUT2D eigenvalue weighted by Crippen LogP contribution is 2.25. The predicted octanol–water partition coefficient (Wildman–Crippen LogP) is 6.43. The second-order valence-electron chi connectivity index (χ2n) is 8.84. The standard InChI is InChI=1S/C32H29N3O2/c1-37-29-19-17-27(18-20-29)30-23-31(35(33-30)28-15-9-4-10-16-28)32(36)34(24-26-13-7-3-8-14-26)22-21-25-11-5-2-6-12-25/h2-20,23H,21-22,24H2,1H3. The molecule has 5 heteroatoms. The first-order chi connectivity index (χ1) is 18.2. The summed E-state index contributed by atoms with van der Waals surface area (Å²) in [7, 11) is 1.65. The molecule has 0 aliphatic rings. The number of ether oxygens (including phenoxy) is 1. The van der Waals surface area contributed by atoms with Crippen molar-refractivity contribution in [2.75, 3.05) is 13.7 Å². The molecule has 5 rings (SSSR count). The highest BCUT2D eigenvalue weighted by atomic mass is 16.5. The maximum atomic E-state index is 14.2. The Hall–Kier alpha value is -4.64. The first-order valence-electron chi connectivity index (χ1n) is 12.4. The van der Waals surface area contributed by atoms with Crippen molar-refractivity contribution in [2.45, 2.75) is 13.0 Å². The van der Waals surface area contributed by atoms with Crippen LogP contribution in [-0.2, 0) is 13.0 Å². The van der Waals surface area contributed by atoms with Gasteiger partial charge in [-0.3, -0.25) is 4.79 Å². The molecule has 0 atom stereocenters. The van der Waals surface area contributed by atoms with E-state index in [1.54, 1.807) is 11.8 Å². The lowest BCUT2D eigenvalue weighted by atomic mass is 10.1. The van der Waals surface area contributed by atoms with Crippen LogP contribution in [0.1, 0.15) is 21.6 Å². The number of para-hydroxylation sites is 1. The Kier molecular flexibility index (Phi) is 7.42. The summed E-state index contributed by atoms with van der Waals surface area (Å²) in [4.78, 5) is 16.1. The molecule has 1 heterocycles. The molecule has 0 bridgehead atoms. The number of rotatable bonds is 9. The van der Waals surface area contributed by atoms with Gasteiger partial charge in [-0.15, -0.1) is 0 Å². The Balaban J connectivity index is 1.52. The third kappa shape index (κ3) is 5.78. The largest absolute Gasteiger partial charge is 0.497 e. The Labute approximate surface area is 217 Å². The van der Waals surface area contributed by atoms with Crippen LogP contribution in [0.25, 0.3) is 16.9 Å². The Morgan fingerprint density at radius 1 is 0.784 bits per heavy atom. The fourth-order valence-electron chi connectivity index (χ4n) is 4.33. The van der Waals surface area contributed by atoms with Crippen LogP contribution in [0.2, 0.25) is 0 Å². The summed E-state index contributed by atoms with van der Waals surface area (Å²) in [5, 5.41) is 4.86. The van der Waals surface area contributed by atoms with Crippen LogP contribution >= 0.6 is 0 Å². The molecule has 5 aromatic rings. The first-order valence-corrected chi connectivity index (χ1v) is 12.4. The van der Waals surface area contributed by atoms with Crippen LogP contribution in [0.4, 0.5) is 0 Å². The van der Waals surface area contributed by atoms with Crippen molar-refractivity contribution in [2.24, 2.45) is 0 Å². The quantitative estimate of drug-likeness (QED) is 0.241. The Bertz CT molecular complexity index is 1430. The smallest absolute Gasteiger partial charge is 0.272 e. The van der Waals surface area contributed by atoms with Gasteiger partial charge < -0.3 is 9.64 Å². The van der Waals surface area contributed by atoms with E-state index in [0.29, 0.717) is 18.8 Å². The van der Waals surface area contributed by atoms with Gasteiger partial charge in [-0.2, -0.15) is 5.10 Å². The number of amides is 1. The maximum absolute atomic E-state index is 14.2. The molecule has 1 amide bonds. The minimum Gasteiger partial charge on any atom is -0.497 e. The number of nitrogens with zero attached hydrogens (tertiary/aromatic N) is 3. The molecule has 0 saturated heterocycles. The molecule has 0 N–H and O–H groups in total. The van der Waals surface area contributed by atoms with Gasteiger partial charge in [0.05, 0.1) is 18.5 Å². The number of methoxy groups -OCH3 is 1. The van der Waals surface area contributed by atoms with Gasteiger partial charge in [0.15, 0.2) is 0 Å². The third-order valence-corrected chi connectivity index (χ3v) is 6.33. The second-order valence-corrected chi connectivity index (χ2v) is 8.84. The first kappa shape index (κ1) is 24.1. The summed E-state index contributed by atoms with van der Waals surface area (Å²) in [6.45, 7) is 1.11. The van der Waals surface area contributed by atoms with Gasteiger partial charge in [0.1, 0.15) is 11.4 Å². The van der Waals surface area contributed by atoms with Crippen molar-refractivity contribution in [1.29, 1.82) is 0 Å². The van der Waals surface area contributed by atoms with E-state index in [0.717, 1.165) is 34.7 Å². The highest BCUT2D eigenvalue weighted by Gasteiger charge is 2.23. The Morgan fingerprint density at radius 2 is 1.38 bits per heavy atom. The van der Waals surface area contributed by atoms with E-state index < -0.39 is 0 Å². The van der Waals surface area contributed by atoms with Crippen molar-refractivity contribution in [3.05, 3.63) is 138 Å². The van der Waals surface area contributed by atoms with Crippen molar-refractivity contribution in [1.82, 2.24) is 14.7 Å². The minimum absolute atomic E-state index is 0.0594. The third-order valence-electron chi connectivity index (χ3n) is 6.33. The number of benzene rings is 4. The van der Waals surface area contributed by atoms with Crippen LogP contribution in [-0.4, -0.2) is 34.2 Å². The van der Waals surface area contributed by atoms with Crippen molar-refractivity contribution < 1.29 is 9.53 Å². The number of hydrogen-bond acceptors (Lipinski definition) is 3. The summed E-state index contributed by atoms with van der Waals surface area (Å²) >= 11 is 0. The zero-order chi connectivity index (χ0) is 25.5. The molecule has 0 radical (unpaired) electrons. The normalized spacial score (nSPS) is 10.7. The average molecular weight is 488 g/mol. The molecular weight excluding hydrogens is 458 g/mol. The number of hydrogen-bond donors (Lipinski definition) is 0. The van der Waals surface area contributed by atoms with E-state index in [2.05, 4.69) is 24.3 Å². The van der Waals surface area contributed by atoms with Gasteiger partial charge in [-0.05, 0) is 60.0 Å². The van der Waals surface area contributed by atoms with E-state index in [1.165, 1.54) is 5.56 Å². The van der Waals surface area contributed by atoms with Crippen LogP contribution in [0, 0.1) is 0 Å². The number of carbonyl (C=O) groups is 1. The average Bonchev–Trinajstić information content (AvgIpc) is 3.42. The molecule has 184 valence electrons. The van der Waals surface area contributed by atoms with E-state index in [4.69, 9.17) is 9.84 Å². The number of aromatic nitrogens is 2. The van der Waals surface area contributed by atoms with Gasteiger partial charge in [0.2, 0.25) is 0 Å². The summed E-state index contributed by atoms with van der Waals surface area (Å²) in [5.74, 6) is 0.716. The lowest BCUT2D eigenvalue weighted by molar-refractivity contribution is 0.0736. The molecule has 0 aliphatic carbocycles. The monoisotopic (exact) mass is 487 g/mol. The minimum atomic E-state index is -0.0594. The molecule has 0 spiro atoms. The van der Waals surface area contributed by atoms with Gasteiger partial charge >= 0.3 is 0 Å². The van der Waals surface area contributed by atoms with Crippen molar-refractivity contribution in [3.63, 3.8) is 0 Å². The van der Waals surface area contributed by atoms with Crippen LogP contribution in [0.5, 0.6) is 5.75 Å². The zero-order valence-corrected chi connectivity index (χ0v) is 20.8. The SMILES string of the molecule is COc1ccc(-c2cc(C(=O)N(CCc3ccccc3)Cc3ccccc3)n(-c3ccccc3)n2)cc1. The molecule has 5 nitrogen and oxygen atoms in total. The van der Waals surface area contributed by atoms with Gasteiger partial charge in [0, 0.05) is 18.7 Å². The fraction of sp³-hybridized carbons (Fsp3) is 0.125. The van der Waals surface area contributed by atoms with Gasteiger partial charge in [-0.25, -0.2) is 4.68 Å². The molecular formula is C32H29N3O2. The molecule has 0 unspecified atom stereocenters. The molecule has 37 heavy (non-hydrogen) atoms.